The first-order chi connectivity index (χ1) is 13.9. The predicted molar refractivity (Wildman–Crippen MR) is 116 cm³/mol. The number of carbonyl (C=O) groups excluding carboxylic acids is 1. The van der Waals surface area contributed by atoms with Crippen LogP contribution in [0.4, 0.5) is 0 Å². The van der Waals surface area contributed by atoms with Crippen LogP contribution in [0.5, 0.6) is 0 Å². The molecule has 0 bridgehead atoms. The molecule has 4 rings (SSSR count). The summed E-state index contributed by atoms with van der Waals surface area (Å²) in [6.45, 7) is 1.43. The molecule has 0 radical (unpaired) electrons. The molecule has 1 aromatic carbocycles. The number of hydrogen-bond donors (Lipinski definition) is 0. The smallest absolute Gasteiger partial charge is 0.256 e. The van der Waals surface area contributed by atoms with Crippen LogP contribution in [0.15, 0.2) is 64.5 Å². The molecule has 0 spiro atoms. The highest BCUT2D eigenvalue weighted by molar-refractivity contribution is 9.10. The number of pyridine rings is 2. The molecular formula is C20H14BrClN4O2S. The van der Waals surface area contributed by atoms with Crippen molar-refractivity contribution >= 4 is 55.4 Å². The molecule has 29 heavy (non-hydrogen) atoms. The summed E-state index contributed by atoms with van der Waals surface area (Å²) < 4.78 is 15.5. The number of Topliss-reactive ketones (excluding diaryl/α,β-unsaturated/α-hetero) is 1. The lowest BCUT2D eigenvalue weighted by molar-refractivity contribution is 0.101. The van der Waals surface area contributed by atoms with Crippen molar-refractivity contribution in [1.29, 1.82) is 0 Å². The highest BCUT2D eigenvalue weighted by Gasteiger charge is 2.24. The van der Waals surface area contributed by atoms with E-state index in [-0.39, 0.29) is 16.6 Å². The number of carbonyl (C=O) groups is 1. The Morgan fingerprint density at radius 3 is 2.79 bits per heavy atom. The van der Waals surface area contributed by atoms with Gasteiger partial charge in [-0.05, 0) is 59.3 Å². The Bertz CT molecular complexity index is 1200. The average Bonchev–Trinajstić information content (AvgIpc) is 3.25. The van der Waals surface area contributed by atoms with E-state index in [9.17, 15) is 9.35 Å². The molecule has 0 fully saturated rings. The van der Waals surface area contributed by atoms with Crippen LogP contribution < -0.4 is 0 Å². The Morgan fingerprint density at radius 2 is 2.14 bits per heavy atom. The van der Waals surface area contributed by atoms with Crippen LogP contribution in [-0.4, -0.2) is 30.1 Å². The molecule has 0 amide bonds. The van der Waals surface area contributed by atoms with E-state index in [0.717, 1.165) is 10.0 Å². The fraction of sp³-hybridized carbons (Fsp3) is 0.100. The van der Waals surface area contributed by atoms with Crippen LogP contribution >= 0.6 is 27.5 Å². The van der Waals surface area contributed by atoms with E-state index >= 15 is 0 Å². The van der Waals surface area contributed by atoms with Gasteiger partial charge in [0.05, 0.1) is 16.1 Å². The highest BCUT2D eigenvalue weighted by atomic mass is 79.9. The van der Waals surface area contributed by atoms with Crippen molar-refractivity contribution in [2.24, 2.45) is 0 Å². The average molecular weight is 490 g/mol. The number of aromatic nitrogens is 4. The third-order valence-corrected chi connectivity index (χ3v) is 6.60. The second-order valence-electron chi connectivity index (χ2n) is 6.29. The molecule has 0 aliphatic heterocycles. The van der Waals surface area contributed by atoms with Gasteiger partial charge in [-0.3, -0.25) is 4.79 Å². The van der Waals surface area contributed by atoms with Crippen molar-refractivity contribution in [2.75, 3.05) is 0 Å². The molecule has 3 aromatic heterocycles. The topological polar surface area (TPSA) is 83.7 Å². The quantitative estimate of drug-likeness (QED) is 0.299. The van der Waals surface area contributed by atoms with E-state index in [1.165, 1.54) is 6.92 Å². The van der Waals surface area contributed by atoms with Crippen molar-refractivity contribution in [2.45, 2.75) is 17.7 Å². The fourth-order valence-corrected chi connectivity index (χ4v) is 4.76. The predicted octanol–water partition coefficient (Wildman–Crippen LogP) is 4.74. The molecule has 0 aliphatic rings. The molecule has 146 valence electrons. The fourth-order valence-electron chi connectivity index (χ4n) is 2.86. The summed E-state index contributed by atoms with van der Waals surface area (Å²) in [7, 11) is 0. The third kappa shape index (κ3) is 4.06. The summed E-state index contributed by atoms with van der Waals surface area (Å²) in [5.74, 6) is 0.630. The van der Waals surface area contributed by atoms with Crippen molar-refractivity contribution in [3.8, 4) is 5.82 Å². The number of nitrogens with zero attached hydrogens (tertiary/aromatic N) is 4. The molecule has 6 nitrogen and oxygen atoms in total. The van der Waals surface area contributed by atoms with Gasteiger partial charge in [0.15, 0.2) is 11.6 Å². The summed E-state index contributed by atoms with van der Waals surface area (Å²) >= 11 is 8.17. The minimum absolute atomic E-state index is 0.184. The second-order valence-corrected chi connectivity index (χ2v) is 8.92. The molecule has 0 aliphatic carbocycles. The van der Waals surface area contributed by atoms with Gasteiger partial charge in [-0.1, -0.05) is 11.6 Å². The number of benzene rings is 1. The van der Waals surface area contributed by atoms with Gasteiger partial charge in [0.2, 0.25) is 0 Å². The van der Waals surface area contributed by atoms with Gasteiger partial charge >= 0.3 is 0 Å². The molecule has 1 atom stereocenters. The maximum absolute atomic E-state index is 13.1. The Hall–Kier alpha value is -2.26. The number of ketones is 1. The molecule has 4 aromatic rings. The van der Waals surface area contributed by atoms with Crippen LogP contribution in [0.1, 0.15) is 22.8 Å². The standard InChI is InChI=1S/C20H14BrClN4O2S/c1-12(27)14-9-15-17(22)5-4-16(21)19(15)25-20(14)29(28)11-13-3-6-18(23-10-13)26-8-2-7-24-26/h2-10H,11H2,1H3. The van der Waals surface area contributed by atoms with Crippen LogP contribution in [0.25, 0.3) is 16.7 Å². The Labute approximate surface area is 183 Å². The van der Waals surface area contributed by atoms with Gasteiger partial charge in [-0.25, -0.2) is 14.6 Å². The maximum atomic E-state index is 13.1. The van der Waals surface area contributed by atoms with Gasteiger partial charge in [-0.15, -0.1) is 0 Å². The third-order valence-electron chi connectivity index (χ3n) is 4.29. The molecule has 0 saturated heterocycles. The van der Waals surface area contributed by atoms with Crippen LogP contribution in [-0.2, 0) is 16.9 Å². The first-order valence-corrected chi connectivity index (χ1v) is 11.1. The number of rotatable bonds is 5. The molecule has 0 saturated carbocycles. The van der Waals surface area contributed by atoms with Gasteiger partial charge < -0.3 is 4.55 Å². The maximum Gasteiger partial charge on any atom is 0.256 e. The summed E-state index contributed by atoms with van der Waals surface area (Å²) in [4.78, 5) is 21.1. The Morgan fingerprint density at radius 1 is 1.31 bits per heavy atom. The van der Waals surface area contributed by atoms with Crippen molar-refractivity contribution < 1.29 is 9.35 Å². The summed E-state index contributed by atoms with van der Waals surface area (Å²) in [6, 6.07) is 10.6. The number of fused-ring (bicyclic) bond motifs is 1. The van der Waals surface area contributed by atoms with E-state index in [1.807, 2.05) is 12.1 Å². The first-order valence-electron chi connectivity index (χ1n) is 8.57. The summed E-state index contributed by atoms with van der Waals surface area (Å²) in [5.41, 5.74) is 1.63. The molecule has 9 heteroatoms. The Balaban J connectivity index is 1.69. The SMILES string of the molecule is CC(=O)c1cc2c(Cl)ccc(Br)c2nc1[S+]([O-])Cc1ccc(-n2cccn2)nc1. The van der Waals surface area contributed by atoms with E-state index in [4.69, 9.17) is 11.6 Å². The monoisotopic (exact) mass is 488 g/mol. The summed E-state index contributed by atoms with van der Waals surface area (Å²) in [6.07, 6.45) is 5.11. The van der Waals surface area contributed by atoms with Gasteiger partial charge in [0.25, 0.3) is 5.03 Å². The molecule has 0 N–H and O–H groups in total. The highest BCUT2D eigenvalue weighted by Crippen LogP contribution is 2.32. The number of hydrogen-bond acceptors (Lipinski definition) is 5. The van der Waals surface area contributed by atoms with E-state index < -0.39 is 11.2 Å². The zero-order valence-corrected chi connectivity index (χ0v) is 18.3. The van der Waals surface area contributed by atoms with Gasteiger partial charge in [-0.2, -0.15) is 5.10 Å². The van der Waals surface area contributed by atoms with Crippen molar-refractivity contribution in [1.82, 2.24) is 19.7 Å². The lowest BCUT2D eigenvalue weighted by atomic mass is 10.1. The molecular weight excluding hydrogens is 476 g/mol. The van der Waals surface area contributed by atoms with Gasteiger partial charge in [0.1, 0.15) is 5.75 Å². The Kier molecular flexibility index (Phi) is 5.69. The molecule has 1 unspecified atom stereocenters. The lowest BCUT2D eigenvalue weighted by Gasteiger charge is -2.14. The second kappa shape index (κ2) is 8.23. The zero-order valence-electron chi connectivity index (χ0n) is 15.2. The lowest BCUT2D eigenvalue weighted by Crippen LogP contribution is -2.13. The number of halogens is 2. The zero-order chi connectivity index (χ0) is 20.5. The summed E-state index contributed by atoms with van der Waals surface area (Å²) in [5, 5.41) is 5.49. The van der Waals surface area contributed by atoms with Crippen molar-refractivity contribution in [3.05, 3.63) is 75.6 Å². The minimum atomic E-state index is -1.54. The molecule has 3 heterocycles. The van der Waals surface area contributed by atoms with Crippen LogP contribution in [0, 0.1) is 0 Å². The minimum Gasteiger partial charge on any atom is -0.610 e. The first kappa shape index (κ1) is 20.0. The van der Waals surface area contributed by atoms with Gasteiger partial charge in [0, 0.05) is 45.2 Å². The van der Waals surface area contributed by atoms with Crippen LogP contribution in [0.2, 0.25) is 5.02 Å². The largest absolute Gasteiger partial charge is 0.610 e. The van der Waals surface area contributed by atoms with Crippen molar-refractivity contribution in [3.63, 3.8) is 0 Å². The van der Waals surface area contributed by atoms with E-state index in [1.54, 1.807) is 47.5 Å². The normalized spacial score (nSPS) is 12.3. The van der Waals surface area contributed by atoms with E-state index in [2.05, 4.69) is 31.0 Å². The van der Waals surface area contributed by atoms with E-state index in [0.29, 0.717) is 27.3 Å². The van der Waals surface area contributed by atoms with Crippen LogP contribution in [0.3, 0.4) is 0 Å².